The summed E-state index contributed by atoms with van der Waals surface area (Å²) in [5.41, 5.74) is 5.96. The topological polar surface area (TPSA) is 38.5 Å². The number of rotatable bonds is 2. The predicted molar refractivity (Wildman–Crippen MR) is 64.3 cm³/mol. The van der Waals surface area contributed by atoms with Crippen LogP contribution in [0.3, 0.4) is 0 Å². The summed E-state index contributed by atoms with van der Waals surface area (Å²) in [5, 5.41) is 0. The van der Waals surface area contributed by atoms with E-state index in [4.69, 9.17) is 10.5 Å². The van der Waals surface area contributed by atoms with Crippen LogP contribution in [-0.4, -0.2) is 42.8 Å². The zero-order valence-electron chi connectivity index (χ0n) is 10.2. The van der Waals surface area contributed by atoms with E-state index in [1.54, 1.807) is 0 Å². The molecule has 2 saturated heterocycles. The lowest BCUT2D eigenvalue weighted by Crippen LogP contribution is -2.58. The maximum Gasteiger partial charge on any atom is 0.0697 e. The molecule has 2 N–H and O–H groups in total. The first-order valence-electron chi connectivity index (χ1n) is 6.89. The van der Waals surface area contributed by atoms with E-state index in [0.717, 1.165) is 25.1 Å². The first-order valence-corrected chi connectivity index (χ1v) is 6.89. The van der Waals surface area contributed by atoms with Crippen LogP contribution < -0.4 is 5.73 Å². The van der Waals surface area contributed by atoms with Gasteiger partial charge >= 0.3 is 0 Å². The molecule has 3 nitrogen and oxygen atoms in total. The van der Waals surface area contributed by atoms with Gasteiger partial charge in [-0.25, -0.2) is 0 Å². The SMILES string of the molecule is NCC1CN(C2CCOC3(CCCC3)C2)C1. The minimum Gasteiger partial charge on any atom is -0.375 e. The summed E-state index contributed by atoms with van der Waals surface area (Å²) in [6, 6.07) is 0.787. The molecule has 1 aliphatic carbocycles. The minimum absolute atomic E-state index is 0.275. The first-order chi connectivity index (χ1) is 7.81. The van der Waals surface area contributed by atoms with Crippen molar-refractivity contribution in [3.63, 3.8) is 0 Å². The van der Waals surface area contributed by atoms with Crippen molar-refractivity contribution < 1.29 is 4.74 Å². The first kappa shape index (κ1) is 11.0. The lowest BCUT2D eigenvalue weighted by Gasteiger charge is -2.49. The third-order valence-electron chi connectivity index (χ3n) is 4.82. The van der Waals surface area contributed by atoms with Gasteiger partial charge in [0.15, 0.2) is 0 Å². The van der Waals surface area contributed by atoms with E-state index < -0.39 is 0 Å². The minimum atomic E-state index is 0.275. The highest BCUT2D eigenvalue weighted by molar-refractivity contribution is 4.96. The Morgan fingerprint density at radius 1 is 1.25 bits per heavy atom. The number of ether oxygens (including phenoxy) is 1. The molecule has 16 heavy (non-hydrogen) atoms. The van der Waals surface area contributed by atoms with Gasteiger partial charge in [-0.05, 0) is 38.1 Å². The average molecular weight is 224 g/mol. The average Bonchev–Trinajstić information content (AvgIpc) is 2.65. The van der Waals surface area contributed by atoms with Crippen LogP contribution in [0.2, 0.25) is 0 Å². The van der Waals surface area contributed by atoms with Gasteiger partial charge in [-0.15, -0.1) is 0 Å². The Morgan fingerprint density at radius 3 is 2.69 bits per heavy atom. The van der Waals surface area contributed by atoms with Crippen molar-refractivity contribution in [2.75, 3.05) is 26.2 Å². The molecule has 0 aromatic carbocycles. The molecule has 3 heteroatoms. The van der Waals surface area contributed by atoms with E-state index >= 15 is 0 Å². The van der Waals surface area contributed by atoms with Crippen LogP contribution in [0.4, 0.5) is 0 Å². The van der Waals surface area contributed by atoms with Crippen molar-refractivity contribution >= 4 is 0 Å². The summed E-state index contributed by atoms with van der Waals surface area (Å²) < 4.78 is 6.08. The molecule has 1 saturated carbocycles. The fraction of sp³-hybridized carbons (Fsp3) is 1.00. The van der Waals surface area contributed by atoms with E-state index in [1.807, 2.05) is 0 Å². The van der Waals surface area contributed by atoms with Crippen molar-refractivity contribution in [1.82, 2.24) is 4.90 Å². The van der Waals surface area contributed by atoms with Crippen molar-refractivity contribution in [3.05, 3.63) is 0 Å². The molecule has 2 aliphatic heterocycles. The number of hydrogen-bond acceptors (Lipinski definition) is 3. The van der Waals surface area contributed by atoms with Crippen molar-refractivity contribution in [2.24, 2.45) is 11.7 Å². The molecule has 0 aromatic rings. The fourth-order valence-corrected chi connectivity index (χ4v) is 3.74. The Balaban J connectivity index is 1.56. The molecule has 0 bridgehead atoms. The molecule has 0 aromatic heterocycles. The Hall–Kier alpha value is -0.120. The molecule has 1 unspecified atom stereocenters. The number of nitrogens with two attached hydrogens (primary N) is 1. The van der Waals surface area contributed by atoms with Crippen LogP contribution in [0, 0.1) is 5.92 Å². The number of nitrogens with zero attached hydrogens (tertiary/aromatic N) is 1. The van der Waals surface area contributed by atoms with Gasteiger partial charge in [-0.1, -0.05) is 12.8 Å². The molecule has 0 amide bonds. The van der Waals surface area contributed by atoms with Crippen LogP contribution in [0.25, 0.3) is 0 Å². The van der Waals surface area contributed by atoms with Crippen LogP contribution in [0.15, 0.2) is 0 Å². The molecule has 92 valence electrons. The summed E-state index contributed by atoms with van der Waals surface area (Å²) in [4.78, 5) is 2.64. The highest BCUT2D eigenvalue weighted by atomic mass is 16.5. The van der Waals surface area contributed by atoms with Gasteiger partial charge in [0, 0.05) is 25.7 Å². The lowest BCUT2D eigenvalue weighted by molar-refractivity contribution is -0.115. The summed E-state index contributed by atoms with van der Waals surface area (Å²) in [6.07, 6.45) is 7.87. The van der Waals surface area contributed by atoms with Crippen molar-refractivity contribution in [1.29, 1.82) is 0 Å². The van der Waals surface area contributed by atoms with E-state index in [2.05, 4.69) is 4.90 Å². The van der Waals surface area contributed by atoms with E-state index in [0.29, 0.717) is 0 Å². The van der Waals surface area contributed by atoms with Crippen molar-refractivity contribution in [2.45, 2.75) is 50.2 Å². The molecule has 0 radical (unpaired) electrons. The Kier molecular flexibility index (Phi) is 2.94. The van der Waals surface area contributed by atoms with Gasteiger partial charge in [-0.3, -0.25) is 4.90 Å². The van der Waals surface area contributed by atoms with E-state index in [1.165, 1.54) is 51.6 Å². The largest absolute Gasteiger partial charge is 0.375 e. The number of likely N-dealkylation sites (tertiary alicyclic amines) is 1. The second kappa shape index (κ2) is 4.28. The molecule has 3 aliphatic rings. The third kappa shape index (κ3) is 1.89. The molecule has 3 fully saturated rings. The van der Waals surface area contributed by atoms with Crippen molar-refractivity contribution in [3.8, 4) is 0 Å². The van der Waals surface area contributed by atoms with Gasteiger partial charge in [0.2, 0.25) is 0 Å². The Bertz CT molecular complexity index is 244. The predicted octanol–water partition coefficient (Wildman–Crippen LogP) is 1.37. The second-order valence-electron chi connectivity index (χ2n) is 5.94. The summed E-state index contributed by atoms with van der Waals surface area (Å²) >= 11 is 0. The lowest BCUT2D eigenvalue weighted by atomic mass is 9.85. The molecular weight excluding hydrogens is 200 g/mol. The maximum atomic E-state index is 6.08. The summed E-state index contributed by atoms with van der Waals surface area (Å²) in [6.45, 7) is 4.31. The molecule has 1 atom stereocenters. The monoisotopic (exact) mass is 224 g/mol. The van der Waals surface area contributed by atoms with Gasteiger partial charge in [0.05, 0.1) is 5.60 Å². The third-order valence-corrected chi connectivity index (χ3v) is 4.82. The fourth-order valence-electron chi connectivity index (χ4n) is 3.74. The van der Waals surface area contributed by atoms with Crippen LogP contribution in [0.5, 0.6) is 0 Å². The standard InChI is InChI=1S/C13H24N2O/c14-8-11-9-15(10-11)12-3-6-16-13(7-12)4-1-2-5-13/h11-12H,1-10,14H2. The van der Waals surface area contributed by atoms with E-state index in [-0.39, 0.29) is 5.60 Å². The molecule has 1 spiro atoms. The van der Waals surface area contributed by atoms with Gasteiger partial charge in [-0.2, -0.15) is 0 Å². The zero-order valence-corrected chi connectivity index (χ0v) is 10.2. The van der Waals surface area contributed by atoms with Gasteiger partial charge in [0.1, 0.15) is 0 Å². The second-order valence-corrected chi connectivity index (χ2v) is 5.94. The molecule has 3 rings (SSSR count). The zero-order chi connectivity index (χ0) is 11.0. The number of hydrogen-bond donors (Lipinski definition) is 1. The van der Waals surface area contributed by atoms with E-state index in [9.17, 15) is 0 Å². The molecular formula is C13H24N2O. The Morgan fingerprint density at radius 2 is 2.00 bits per heavy atom. The highest BCUT2D eigenvalue weighted by Gasteiger charge is 2.43. The van der Waals surface area contributed by atoms with Gasteiger partial charge < -0.3 is 10.5 Å². The van der Waals surface area contributed by atoms with Gasteiger partial charge in [0.25, 0.3) is 0 Å². The smallest absolute Gasteiger partial charge is 0.0697 e. The normalized spacial score (nSPS) is 35.4. The summed E-state index contributed by atoms with van der Waals surface area (Å²) in [5.74, 6) is 0.766. The van der Waals surface area contributed by atoms with Crippen LogP contribution in [-0.2, 0) is 4.74 Å². The Labute approximate surface area is 98.3 Å². The van der Waals surface area contributed by atoms with Crippen LogP contribution >= 0.6 is 0 Å². The summed E-state index contributed by atoms with van der Waals surface area (Å²) in [7, 11) is 0. The highest BCUT2D eigenvalue weighted by Crippen LogP contribution is 2.42. The quantitative estimate of drug-likeness (QED) is 0.770. The maximum absolute atomic E-state index is 6.08. The van der Waals surface area contributed by atoms with Crippen LogP contribution in [0.1, 0.15) is 38.5 Å². The molecule has 2 heterocycles.